The fourth-order valence-corrected chi connectivity index (χ4v) is 6.10. The Morgan fingerprint density at radius 3 is 2.93 bits per heavy atom. The number of thiophene rings is 1. The number of nitrogens with two attached hydrogens (primary N) is 1. The largest absolute Gasteiger partial charge is 0.397 e. The van der Waals surface area contributed by atoms with E-state index in [9.17, 15) is 0 Å². The minimum absolute atomic E-state index is 0.685. The van der Waals surface area contributed by atoms with E-state index in [1.807, 2.05) is 55.5 Å². The summed E-state index contributed by atoms with van der Waals surface area (Å²) in [4.78, 5) is 14.7. The van der Waals surface area contributed by atoms with Gasteiger partial charge in [0.05, 0.1) is 15.6 Å². The van der Waals surface area contributed by atoms with Crippen molar-refractivity contribution in [3.63, 3.8) is 0 Å². The molecule has 0 saturated heterocycles. The summed E-state index contributed by atoms with van der Waals surface area (Å²) in [5.74, 6) is 0. The monoisotopic (exact) mass is 434 g/mol. The van der Waals surface area contributed by atoms with Gasteiger partial charge >= 0.3 is 0 Å². The number of aromatic nitrogens is 2. The van der Waals surface area contributed by atoms with Gasteiger partial charge in [0.2, 0.25) is 0 Å². The van der Waals surface area contributed by atoms with Crippen LogP contribution in [0.25, 0.3) is 26.9 Å². The summed E-state index contributed by atoms with van der Waals surface area (Å²) in [6.07, 6.45) is 16.3. The molecule has 0 spiro atoms. The van der Waals surface area contributed by atoms with Gasteiger partial charge in [0, 0.05) is 46.6 Å². The lowest BCUT2D eigenvalue weighted by molar-refractivity contribution is 0.522. The zero-order chi connectivity index (χ0) is 20.9. The van der Waals surface area contributed by atoms with Crippen LogP contribution in [-0.4, -0.2) is 21.4 Å². The molecule has 1 saturated carbocycles. The van der Waals surface area contributed by atoms with Crippen LogP contribution in [0.15, 0.2) is 58.1 Å². The van der Waals surface area contributed by atoms with Crippen LogP contribution >= 0.6 is 23.1 Å². The lowest BCUT2D eigenvalue weighted by Gasteiger charge is -2.23. The van der Waals surface area contributed by atoms with Gasteiger partial charge in [0.1, 0.15) is 4.83 Å². The summed E-state index contributed by atoms with van der Waals surface area (Å²) in [5.41, 5.74) is 11.5. The van der Waals surface area contributed by atoms with E-state index in [-0.39, 0.29) is 0 Å². The number of thioether (sulfide) groups is 1. The average molecular weight is 435 g/mol. The molecule has 1 aliphatic carbocycles. The van der Waals surface area contributed by atoms with Gasteiger partial charge < -0.3 is 5.73 Å². The molecule has 2 N–H and O–H groups in total. The van der Waals surface area contributed by atoms with Crippen molar-refractivity contribution in [2.24, 2.45) is 4.99 Å². The van der Waals surface area contributed by atoms with E-state index in [1.165, 1.54) is 23.5 Å². The van der Waals surface area contributed by atoms with Crippen molar-refractivity contribution in [3.8, 4) is 11.1 Å². The first-order chi connectivity index (χ1) is 14.7. The Hall–Kier alpha value is -2.44. The minimum atomic E-state index is 0.685. The van der Waals surface area contributed by atoms with E-state index in [0.29, 0.717) is 5.25 Å². The van der Waals surface area contributed by atoms with E-state index in [4.69, 9.17) is 10.7 Å². The topological polar surface area (TPSA) is 64.2 Å². The second-order valence-corrected chi connectivity index (χ2v) is 9.83. The number of aliphatic imine (C=N–C) groups is 1. The van der Waals surface area contributed by atoms with Crippen molar-refractivity contribution in [1.29, 1.82) is 0 Å². The average Bonchev–Trinajstić information content (AvgIpc) is 3.06. The van der Waals surface area contributed by atoms with Crippen molar-refractivity contribution >= 4 is 50.8 Å². The standard InChI is InChI=1S/C24H26N4S2/c1-3-5-11-26-14-16(4-2)20-13-19(17-8-7-12-27-15-17)21-22(25)24(30-23(21)28-20)29-18-9-6-10-18/h4-5,7-8,11-15,18H,3,6,9-10,25H2,1-2H3/b11-5+,16-4+,26-14+. The summed E-state index contributed by atoms with van der Waals surface area (Å²) in [6.45, 7) is 4.11. The molecule has 30 heavy (non-hydrogen) atoms. The number of pyridine rings is 2. The van der Waals surface area contributed by atoms with Crippen LogP contribution in [0.4, 0.5) is 5.69 Å². The Labute approximate surface area is 186 Å². The first-order valence-corrected chi connectivity index (χ1v) is 12.1. The Kier molecular flexibility index (Phi) is 6.65. The maximum absolute atomic E-state index is 6.66. The lowest BCUT2D eigenvalue weighted by atomic mass is 10.00. The van der Waals surface area contributed by atoms with Gasteiger partial charge in [-0.3, -0.25) is 9.98 Å². The van der Waals surface area contributed by atoms with E-state index in [2.05, 4.69) is 29.0 Å². The van der Waals surface area contributed by atoms with Crippen LogP contribution in [0.5, 0.6) is 0 Å². The highest BCUT2D eigenvalue weighted by molar-refractivity contribution is 8.02. The Morgan fingerprint density at radius 2 is 2.27 bits per heavy atom. The molecule has 0 unspecified atom stereocenters. The van der Waals surface area contributed by atoms with Crippen LogP contribution in [0, 0.1) is 0 Å². The zero-order valence-corrected chi connectivity index (χ0v) is 19.0. The zero-order valence-electron chi connectivity index (χ0n) is 17.3. The van der Waals surface area contributed by atoms with Crippen molar-refractivity contribution in [3.05, 3.63) is 54.6 Å². The molecule has 0 amide bonds. The van der Waals surface area contributed by atoms with Gasteiger partial charge in [0.15, 0.2) is 0 Å². The van der Waals surface area contributed by atoms with Crippen LogP contribution in [0.1, 0.15) is 45.2 Å². The molecule has 6 heteroatoms. The molecule has 4 rings (SSSR count). The predicted molar refractivity (Wildman–Crippen MR) is 132 cm³/mol. The van der Waals surface area contributed by atoms with Gasteiger partial charge in [-0.15, -0.1) is 23.1 Å². The fourth-order valence-electron chi connectivity index (χ4n) is 3.30. The summed E-state index contributed by atoms with van der Waals surface area (Å²) >= 11 is 3.62. The SMILES string of the molecule is C\C=C(/C=N/C=C/CC)c1cc(-c2cccnc2)c2c(N)c(SC3CCC3)sc2n1. The van der Waals surface area contributed by atoms with Crippen molar-refractivity contribution in [2.75, 3.05) is 5.73 Å². The van der Waals surface area contributed by atoms with Gasteiger partial charge in [-0.2, -0.15) is 0 Å². The number of rotatable bonds is 7. The highest BCUT2D eigenvalue weighted by atomic mass is 32.2. The van der Waals surface area contributed by atoms with Gasteiger partial charge in [0.25, 0.3) is 0 Å². The molecule has 1 fully saturated rings. The summed E-state index contributed by atoms with van der Waals surface area (Å²) in [5, 5.41) is 1.72. The van der Waals surface area contributed by atoms with Crippen LogP contribution in [0.2, 0.25) is 0 Å². The minimum Gasteiger partial charge on any atom is -0.397 e. The third kappa shape index (κ3) is 4.35. The van der Waals surface area contributed by atoms with Gasteiger partial charge in [-0.25, -0.2) is 4.98 Å². The normalized spacial score (nSPS) is 15.5. The summed E-state index contributed by atoms with van der Waals surface area (Å²) in [7, 11) is 0. The molecule has 3 heterocycles. The Bertz CT molecular complexity index is 1110. The van der Waals surface area contributed by atoms with Crippen molar-refractivity contribution in [1.82, 2.24) is 9.97 Å². The fraction of sp³-hybridized carbons (Fsp3) is 0.292. The Balaban J connectivity index is 1.84. The highest BCUT2D eigenvalue weighted by Gasteiger charge is 2.24. The molecule has 154 valence electrons. The van der Waals surface area contributed by atoms with Crippen molar-refractivity contribution < 1.29 is 0 Å². The number of fused-ring (bicyclic) bond motifs is 1. The quantitative estimate of drug-likeness (QED) is 0.407. The number of allylic oxidation sites excluding steroid dienone is 3. The van der Waals surface area contributed by atoms with Crippen molar-refractivity contribution in [2.45, 2.75) is 49.0 Å². The first-order valence-electron chi connectivity index (χ1n) is 10.4. The third-order valence-corrected chi connectivity index (χ3v) is 7.88. The first kappa shape index (κ1) is 20.8. The molecule has 0 bridgehead atoms. The summed E-state index contributed by atoms with van der Waals surface area (Å²) < 4.78 is 1.19. The van der Waals surface area contributed by atoms with E-state index in [0.717, 1.165) is 44.7 Å². The maximum atomic E-state index is 6.66. The molecule has 0 atom stereocenters. The maximum Gasteiger partial charge on any atom is 0.127 e. The molecule has 1 aliphatic rings. The second-order valence-electron chi connectivity index (χ2n) is 7.27. The second kappa shape index (κ2) is 9.58. The number of nitrogen functional groups attached to an aromatic ring is 1. The van der Waals surface area contributed by atoms with E-state index >= 15 is 0 Å². The molecule has 0 aromatic carbocycles. The lowest BCUT2D eigenvalue weighted by Crippen LogP contribution is -2.12. The molecular formula is C24H26N4S2. The third-order valence-electron chi connectivity index (χ3n) is 5.21. The number of hydrogen-bond acceptors (Lipinski definition) is 6. The summed E-state index contributed by atoms with van der Waals surface area (Å²) in [6, 6.07) is 6.15. The van der Waals surface area contributed by atoms with E-state index in [1.54, 1.807) is 17.5 Å². The van der Waals surface area contributed by atoms with Crippen LogP contribution in [-0.2, 0) is 0 Å². The van der Waals surface area contributed by atoms with Crippen LogP contribution in [0.3, 0.4) is 0 Å². The number of nitrogens with zero attached hydrogens (tertiary/aromatic N) is 3. The highest BCUT2D eigenvalue weighted by Crippen LogP contribution is 2.48. The van der Waals surface area contributed by atoms with Gasteiger partial charge in [-0.05, 0) is 43.9 Å². The molecule has 3 aromatic heterocycles. The predicted octanol–water partition coefficient (Wildman–Crippen LogP) is 6.98. The molecule has 0 aliphatic heterocycles. The number of hydrogen-bond donors (Lipinski definition) is 1. The molecular weight excluding hydrogens is 408 g/mol. The van der Waals surface area contributed by atoms with Crippen LogP contribution < -0.4 is 5.73 Å². The smallest absolute Gasteiger partial charge is 0.127 e. The van der Waals surface area contributed by atoms with E-state index < -0.39 is 0 Å². The van der Waals surface area contributed by atoms with Gasteiger partial charge in [-0.1, -0.05) is 31.6 Å². The molecule has 4 nitrogen and oxygen atoms in total. The molecule has 3 aromatic rings. The Morgan fingerprint density at radius 1 is 1.40 bits per heavy atom. The number of anilines is 1. The molecule has 0 radical (unpaired) electrons.